The van der Waals surface area contributed by atoms with Gasteiger partial charge in [0.05, 0.1) is 6.54 Å². The molecule has 3 nitrogen and oxygen atoms in total. The molecule has 118 valence electrons. The van der Waals surface area contributed by atoms with Crippen molar-refractivity contribution in [2.75, 3.05) is 6.54 Å². The molecule has 0 aliphatic heterocycles. The SMILES string of the molecule is Cc1cc(F)cc(C)c1C#CCNC(=O)OCc1ccccc1. The first kappa shape index (κ1) is 16.6. The van der Waals surface area contributed by atoms with Gasteiger partial charge in [0.2, 0.25) is 0 Å². The molecular weight excluding hydrogens is 293 g/mol. The van der Waals surface area contributed by atoms with Crippen molar-refractivity contribution in [2.24, 2.45) is 0 Å². The lowest BCUT2D eigenvalue weighted by Gasteiger charge is -2.05. The summed E-state index contributed by atoms with van der Waals surface area (Å²) >= 11 is 0. The third-order valence-electron chi connectivity index (χ3n) is 3.24. The number of hydrogen-bond donors (Lipinski definition) is 1. The molecule has 1 amide bonds. The first-order chi connectivity index (χ1) is 11.1. The van der Waals surface area contributed by atoms with Gasteiger partial charge in [-0.1, -0.05) is 42.2 Å². The molecule has 0 aromatic heterocycles. The van der Waals surface area contributed by atoms with Crippen LogP contribution in [0.3, 0.4) is 0 Å². The van der Waals surface area contributed by atoms with Crippen LogP contribution >= 0.6 is 0 Å². The number of carbonyl (C=O) groups is 1. The lowest BCUT2D eigenvalue weighted by Crippen LogP contribution is -2.24. The Bertz CT molecular complexity index is 722. The molecule has 0 unspecified atom stereocenters. The summed E-state index contributed by atoms with van der Waals surface area (Å²) in [7, 11) is 0. The minimum atomic E-state index is -0.518. The maximum atomic E-state index is 13.2. The average molecular weight is 311 g/mol. The van der Waals surface area contributed by atoms with Crippen LogP contribution < -0.4 is 5.32 Å². The molecule has 0 fully saturated rings. The maximum absolute atomic E-state index is 13.2. The van der Waals surface area contributed by atoms with Crippen LogP contribution in [-0.2, 0) is 11.3 Å². The topological polar surface area (TPSA) is 38.3 Å². The van der Waals surface area contributed by atoms with E-state index in [-0.39, 0.29) is 19.0 Å². The van der Waals surface area contributed by atoms with Crippen LogP contribution in [0.15, 0.2) is 42.5 Å². The predicted octanol–water partition coefficient (Wildman–Crippen LogP) is 3.72. The van der Waals surface area contributed by atoms with Crippen LogP contribution in [0.1, 0.15) is 22.3 Å². The summed E-state index contributed by atoms with van der Waals surface area (Å²) in [5.74, 6) is 5.53. The molecule has 2 rings (SSSR count). The van der Waals surface area contributed by atoms with E-state index in [1.165, 1.54) is 12.1 Å². The van der Waals surface area contributed by atoms with Crippen LogP contribution in [0, 0.1) is 31.5 Å². The van der Waals surface area contributed by atoms with E-state index in [1.807, 2.05) is 44.2 Å². The minimum absolute atomic E-state index is 0.171. The van der Waals surface area contributed by atoms with Gasteiger partial charge in [-0.2, -0.15) is 0 Å². The highest BCUT2D eigenvalue weighted by atomic mass is 19.1. The highest BCUT2D eigenvalue weighted by Gasteiger charge is 2.03. The van der Waals surface area contributed by atoms with Crippen molar-refractivity contribution in [2.45, 2.75) is 20.5 Å². The first-order valence-corrected chi connectivity index (χ1v) is 7.26. The van der Waals surface area contributed by atoms with Gasteiger partial charge in [-0.05, 0) is 42.7 Å². The zero-order valence-corrected chi connectivity index (χ0v) is 13.2. The van der Waals surface area contributed by atoms with Crippen molar-refractivity contribution in [1.82, 2.24) is 5.32 Å². The van der Waals surface area contributed by atoms with E-state index in [0.717, 1.165) is 22.3 Å². The monoisotopic (exact) mass is 311 g/mol. The molecule has 0 radical (unpaired) electrons. The number of benzene rings is 2. The van der Waals surface area contributed by atoms with E-state index in [2.05, 4.69) is 17.2 Å². The van der Waals surface area contributed by atoms with Crippen molar-refractivity contribution >= 4 is 6.09 Å². The van der Waals surface area contributed by atoms with Gasteiger partial charge in [0, 0.05) is 5.56 Å². The van der Waals surface area contributed by atoms with Gasteiger partial charge < -0.3 is 10.1 Å². The Morgan fingerprint density at radius 1 is 1.17 bits per heavy atom. The Hall–Kier alpha value is -2.80. The lowest BCUT2D eigenvalue weighted by atomic mass is 10.0. The van der Waals surface area contributed by atoms with Crippen LogP contribution in [0.4, 0.5) is 9.18 Å². The molecule has 0 atom stereocenters. The fourth-order valence-electron chi connectivity index (χ4n) is 2.13. The second-order valence-corrected chi connectivity index (χ2v) is 5.13. The average Bonchev–Trinajstić information content (AvgIpc) is 2.52. The van der Waals surface area contributed by atoms with Crippen molar-refractivity contribution in [1.29, 1.82) is 0 Å². The highest BCUT2D eigenvalue weighted by Crippen LogP contribution is 2.14. The molecular formula is C19H18FNO2. The highest BCUT2D eigenvalue weighted by molar-refractivity contribution is 5.67. The van der Waals surface area contributed by atoms with Crippen LogP contribution in [0.25, 0.3) is 0 Å². The van der Waals surface area contributed by atoms with Gasteiger partial charge in [-0.15, -0.1) is 0 Å². The van der Waals surface area contributed by atoms with Gasteiger partial charge >= 0.3 is 6.09 Å². The number of alkyl carbamates (subject to hydrolysis) is 1. The van der Waals surface area contributed by atoms with E-state index < -0.39 is 6.09 Å². The fourth-order valence-corrected chi connectivity index (χ4v) is 2.13. The molecule has 0 aliphatic carbocycles. The second-order valence-electron chi connectivity index (χ2n) is 5.13. The van der Waals surface area contributed by atoms with E-state index >= 15 is 0 Å². The molecule has 0 spiro atoms. The zero-order valence-electron chi connectivity index (χ0n) is 13.2. The summed E-state index contributed by atoms with van der Waals surface area (Å²) in [4.78, 5) is 11.6. The lowest BCUT2D eigenvalue weighted by molar-refractivity contribution is 0.141. The van der Waals surface area contributed by atoms with Crippen LogP contribution in [0.2, 0.25) is 0 Å². The number of carbonyl (C=O) groups excluding carboxylic acids is 1. The molecule has 2 aromatic rings. The number of ether oxygens (including phenoxy) is 1. The zero-order chi connectivity index (χ0) is 16.7. The van der Waals surface area contributed by atoms with Crippen molar-refractivity contribution in [3.05, 3.63) is 70.5 Å². The Balaban J connectivity index is 1.83. The summed E-state index contributed by atoms with van der Waals surface area (Å²) in [5, 5.41) is 2.56. The third kappa shape index (κ3) is 5.15. The number of nitrogens with one attached hydrogen (secondary N) is 1. The second kappa shape index (κ2) is 8.00. The Morgan fingerprint density at radius 3 is 2.48 bits per heavy atom. The number of rotatable bonds is 3. The van der Waals surface area contributed by atoms with E-state index in [4.69, 9.17) is 4.74 Å². The van der Waals surface area contributed by atoms with Gasteiger partial charge in [0.1, 0.15) is 12.4 Å². The van der Waals surface area contributed by atoms with Crippen molar-refractivity contribution in [3.63, 3.8) is 0 Å². The molecule has 0 bridgehead atoms. The summed E-state index contributed by atoms with van der Waals surface area (Å²) in [6, 6.07) is 12.3. The number of halogens is 1. The predicted molar refractivity (Wildman–Crippen MR) is 87.4 cm³/mol. The smallest absolute Gasteiger partial charge is 0.408 e. The Labute approximate surface area is 135 Å². The largest absolute Gasteiger partial charge is 0.445 e. The first-order valence-electron chi connectivity index (χ1n) is 7.26. The van der Waals surface area contributed by atoms with Crippen LogP contribution in [-0.4, -0.2) is 12.6 Å². The van der Waals surface area contributed by atoms with Gasteiger partial charge in [-0.25, -0.2) is 9.18 Å². The molecule has 0 saturated carbocycles. The molecule has 1 N–H and O–H groups in total. The normalized spacial score (nSPS) is 9.70. The molecule has 0 aliphatic rings. The third-order valence-corrected chi connectivity index (χ3v) is 3.24. The number of aryl methyl sites for hydroxylation is 2. The van der Waals surface area contributed by atoms with Gasteiger partial charge in [0.25, 0.3) is 0 Å². The molecule has 23 heavy (non-hydrogen) atoms. The van der Waals surface area contributed by atoms with E-state index in [9.17, 15) is 9.18 Å². The van der Waals surface area contributed by atoms with Crippen molar-refractivity contribution in [3.8, 4) is 11.8 Å². The summed E-state index contributed by atoms with van der Waals surface area (Å²) in [6.45, 7) is 4.00. The quantitative estimate of drug-likeness (QED) is 0.877. The summed E-state index contributed by atoms with van der Waals surface area (Å²) in [5.41, 5.74) is 3.26. The Kier molecular flexibility index (Phi) is 5.76. The maximum Gasteiger partial charge on any atom is 0.408 e. The van der Waals surface area contributed by atoms with Crippen molar-refractivity contribution < 1.29 is 13.9 Å². The molecule has 0 saturated heterocycles. The van der Waals surface area contributed by atoms with Gasteiger partial charge in [-0.3, -0.25) is 0 Å². The minimum Gasteiger partial charge on any atom is -0.445 e. The van der Waals surface area contributed by atoms with E-state index in [1.54, 1.807) is 0 Å². The standard InChI is InChI=1S/C19H18FNO2/c1-14-11-17(20)12-15(2)18(14)9-6-10-21-19(22)23-13-16-7-4-3-5-8-16/h3-5,7-8,11-12H,10,13H2,1-2H3,(H,21,22). The van der Waals surface area contributed by atoms with Crippen LogP contribution in [0.5, 0.6) is 0 Å². The number of amides is 1. The fraction of sp³-hybridized carbons (Fsp3) is 0.211. The Morgan fingerprint density at radius 2 is 1.83 bits per heavy atom. The molecule has 4 heteroatoms. The molecule has 2 aromatic carbocycles. The summed E-state index contributed by atoms with van der Waals surface area (Å²) in [6.07, 6.45) is -0.518. The van der Waals surface area contributed by atoms with Gasteiger partial charge in [0.15, 0.2) is 0 Å². The van der Waals surface area contributed by atoms with E-state index in [0.29, 0.717) is 0 Å². The summed E-state index contributed by atoms with van der Waals surface area (Å²) < 4.78 is 18.3. The molecule has 0 heterocycles. The number of hydrogen-bond acceptors (Lipinski definition) is 2.